The van der Waals surface area contributed by atoms with Gasteiger partial charge in [0.05, 0.1) is 0 Å². The van der Waals surface area contributed by atoms with Gasteiger partial charge in [-0.15, -0.1) is 17.5 Å². The van der Waals surface area contributed by atoms with E-state index in [1.807, 2.05) is 43.3 Å². The van der Waals surface area contributed by atoms with E-state index in [1.54, 1.807) is 0 Å². The number of nitrogen functional groups attached to an aromatic ring is 1. The highest BCUT2D eigenvalue weighted by Gasteiger charge is 2.23. The van der Waals surface area contributed by atoms with E-state index in [-0.39, 0.29) is 19.2 Å². The van der Waals surface area contributed by atoms with Crippen molar-refractivity contribution in [2.45, 2.75) is 13.3 Å². The molecule has 0 atom stereocenters. The molecular weight excluding hydrogens is 314 g/mol. The zero-order chi connectivity index (χ0) is 15.1. The Hall–Kier alpha value is -2.53. The van der Waals surface area contributed by atoms with Crippen LogP contribution in [0.25, 0.3) is 0 Å². The highest BCUT2D eigenvalue weighted by atomic mass is 35.5. The first kappa shape index (κ1) is 15.4. The molecule has 2 heterocycles. The van der Waals surface area contributed by atoms with Gasteiger partial charge in [-0.25, -0.2) is 0 Å². The second kappa shape index (κ2) is 5.93. The Labute approximate surface area is 140 Å². The fourth-order valence-electron chi connectivity index (χ4n) is 2.76. The van der Waals surface area contributed by atoms with E-state index in [0.717, 1.165) is 46.0 Å². The van der Waals surface area contributed by atoms with Crippen LogP contribution in [0.1, 0.15) is 23.6 Å². The zero-order valence-electron chi connectivity index (χ0n) is 12.6. The molecule has 5 nitrogen and oxygen atoms in total. The lowest BCUT2D eigenvalue weighted by molar-refractivity contribution is 0.174. The molecule has 2 aromatic rings. The third-order valence-electron chi connectivity index (χ3n) is 3.84. The quantitative estimate of drug-likeness (QED) is 0.817. The topological polar surface area (TPSA) is 69.2 Å². The fourth-order valence-corrected chi connectivity index (χ4v) is 2.76. The van der Waals surface area contributed by atoms with Crippen molar-refractivity contribution in [3.8, 4) is 11.5 Å². The predicted molar refractivity (Wildman–Crippen MR) is 93.1 cm³/mol. The van der Waals surface area contributed by atoms with Crippen molar-refractivity contribution < 1.29 is 9.47 Å². The number of ether oxygens (including phenoxy) is 2. The summed E-state index contributed by atoms with van der Waals surface area (Å²) in [6, 6.07) is 11.7. The predicted octanol–water partition coefficient (Wildman–Crippen LogP) is 3.19. The van der Waals surface area contributed by atoms with Crippen molar-refractivity contribution in [2.75, 3.05) is 12.5 Å². The largest absolute Gasteiger partial charge is 0.454 e. The molecule has 2 aromatic carbocycles. The number of hydrogen-bond acceptors (Lipinski definition) is 5. The molecule has 6 heteroatoms. The molecule has 2 aliphatic rings. The van der Waals surface area contributed by atoms with E-state index < -0.39 is 0 Å². The Morgan fingerprint density at radius 2 is 1.74 bits per heavy atom. The van der Waals surface area contributed by atoms with E-state index in [2.05, 4.69) is 10.2 Å². The van der Waals surface area contributed by atoms with Crippen LogP contribution in [-0.2, 0) is 6.42 Å². The van der Waals surface area contributed by atoms with E-state index in [0.29, 0.717) is 5.69 Å². The highest BCUT2D eigenvalue weighted by Crippen LogP contribution is 2.37. The average Bonchev–Trinajstić information content (AvgIpc) is 2.89. The van der Waals surface area contributed by atoms with Crippen LogP contribution in [-0.4, -0.2) is 18.2 Å². The van der Waals surface area contributed by atoms with Crippen LogP contribution in [0.5, 0.6) is 11.5 Å². The molecule has 23 heavy (non-hydrogen) atoms. The standard InChI is InChI=1S/C17H15N3O2.ClH/c1-10-6-11-7-15-16(22-9-21-15)8-13(11)17(20-19-10)12-4-2-3-5-14(12)18;/h2-5,7-8H,6,9,18H2,1H3;1H. The number of halogens is 1. The van der Waals surface area contributed by atoms with Gasteiger partial charge >= 0.3 is 0 Å². The van der Waals surface area contributed by atoms with Gasteiger partial charge < -0.3 is 15.2 Å². The van der Waals surface area contributed by atoms with Gasteiger partial charge in [-0.05, 0) is 30.7 Å². The minimum absolute atomic E-state index is 0. The van der Waals surface area contributed by atoms with Crippen LogP contribution < -0.4 is 15.2 Å². The maximum atomic E-state index is 6.12. The zero-order valence-corrected chi connectivity index (χ0v) is 13.4. The summed E-state index contributed by atoms with van der Waals surface area (Å²) in [4.78, 5) is 0. The molecule has 0 amide bonds. The number of fused-ring (bicyclic) bond motifs is 2. The van der Waals surface area contributed by atoms with Crippen LogP contribution in [0.15, 0.2) is 46.6 Å². The van der Waals surface area contributed by atoms with Gasteiger partial charge in [0.1, 0.15) is 5.71 Å². The third kappa shape index (κ3) is 2.64. The second-order valence-corrected chi connectivity index (χ2v) is 5.41. The van der Waals surface area contributed by atoms with E-state index >= 15 is 0 Å². The average molecular weight is 330 g/mol. The summed E-state index contributed by atoms with van der Waals surface area (Å²) in [6.45, 7) is 2.22. The number of anilines is 1. The monoisotopic (exact) mass is 329 g/mol. The summed E-state index contributed by atoms with van der Waals surface area (Å²) in [5, 5.41) is 8.74. The third-order valence-corrected chi connectivity index (χ3v) is 3.84. The van der Waals surface area contributed by atoms with Crippen molar-refractivity contribution in [1.29, 1.82) is 0 Å². The molecule has 118 valence electrons. The molecule has 0 fully saturated rings. The molecule has 0 radical (unpaired) electrons. The molecule has 0 bridgehead atoms. The molecule has 0 aromatic heterocycles. The van der Waals surface area contributed by atoms with Gasteiger partial charge in [0.15, 0.2) is 11.5 Å². The second-order valence-electron chi connectivity index (χ2n) is 5.41. The van der Waals surface area contributed by atoms with Crippen molar-refractivity contribution in [1.82, 2.24) is 0 Å². The highest BCUT2D eigenvalue weighted by molar-refractivity contribution is 6.17. The van der Waals surface area contributed by atoms with E-state index in [9.17, 15) is 0 Å². The lowest BCUT2D eigenvalue weighted by Crippen LogP contribution is -2.09. The Morgan fingerprint density at radius 3 is 2.52 bits per heavy atom. The number of nitrogens with two attached hydrogens (primary N) is 1. The van der Waals surface area contributed by atoms with Gasteiger partial charge in [0, 0.05) is 28.9 Å². The molecule has 0 unspecified atom stereocenters. The first-order chi connectivity index (χ1) is 10.7. The van der Waals surface area contributed by atoms with Crippen LogP contribution >= 0.6 is 12.4 Å². The molecule has 0 aliphatic carbocycles. The van der Waals surface area contributed by atoms with E-state index in [4.69, 9.17) is 15.2 Å². The van der Waals surface area contributed by atoms with Gasteiger partial charge in [-0.1, -0.05) is 18.2 Å². The first-order valence-corrected chi connectivity index (χ1v) is 7.11. The summed E-state index contributed by atoms with van der Waals surface area (Å²) in [5.74, 6) is 1.51. The molecule has 0 saturated heterocycles. The maximum Gasteiger partial charge on any atom is 0.231 e. The molecular formula is C17H16ClN3O2. The Morgan fingerprint density at radius 1 is 1.00 bits per heavy atom. The number of para-hydroxylation sites is 1. The smallest absolute Gasteiger partial charge is 0.231 e. The number of hydrogen-bond donors (Lipinski definition) is 1. The number of rotatable bonds is 1. The van der Waals surface area contributed by atoms with Crippen LogP contribution in [0.3, 0.4) is 0 Å². The van der Waals surface area contributed by atoms with Gasteiger partial charge in [0.2, 0.25) is 6.79 Å². The minimum atomic E-state index is 0. The normalized spacial score (nSPS) is 15.0. The van der Waals surface area contributed by atoms with Gasteiger partial charge in [0.25, 0.3) is 0 Å². The Kier molecular flexibility index (Phi) is 3.96. The maximum absolute atomic E-state index is 6.12. The lowest BCUT2D eigenvalue weighted by Gasteiger charge is -2.12. The summed E-state index contributed by atoms with van der Waals surface area (Å²) in [7, 11) is 0. The first-order valence-electron chi connectivity index (χ1n) is 7.11. The van der Waals surface area contributed by atoms with Crippen molar-refractivity contribution in [2.24, 2.45) is 10.2 Å². The van der Waals surface area contributed by atoms with Crippen molar-refractivity contribution >= 4 is 29.5 Å². The molecule has 2 aliphatic heterocycles. The van der Waals surface area contributed by atoms with Gasteiger partial charge in [-0.3, -0.25) is 0 Å². The van der Waals surface area contributed by atoms with Crippen molar-refractivity contribution in [3.05, 3.63) is 53.1 Å². The number of nitrogens with zero attached hydrogens (tertiary/aromatic N) is 2. The van der Waals surface area contributed by atoms with Crippen LogP contribution in [0, 0.1) is 0 Å². The van der Waals surface area contributed by atoms with Crippen molar-refractivity contribution in [3.63, 3.8) is 0 Å². The van der Waals surface area contributed by atoms with Gasteiger partial charge in [-0.2, -0.15) is 5.10 Å². The summed E-state index contributed by atoms with van der Waals surface area (Å²) in [5.41, 5.74) is 11.5. The molecule has 0 spiro atoms. The van der Waals surface area contributed by atoms with E-state index in [1.165, 1.54) is 0 Å². The van der Waals surface area contributed by atoms with Crippen LogP contribution in [0.2, 0.25) is 0 Å². The number of benzene rings is 2. The fraction of sp³-hybridized carbons (Fsp3) is 0.176. The summed E-state index contributed by atoms with van der Waals surface area (Å²) in [6.07, 6.45) is 0.728. The molecule has 4 rings (SSSR count). The SMILES string of the molecule is CC1=NN=C(c2ccccc2N)c2cc3c(cc2C1)OCO3.Cl. The molecule has 0 saturated carbocycles. The van der Waals surface area contributed by atoms with Crippen LogP contribution in [0.4, 0.5) is 5.69 Å². The Balaban J connectivity index is 0.00000156. The Bertz CT molecular complexity index is 831. The lowest BCUT2D eigenvalue weighted by atomic mass is 9.94. The summed E-state index contributed by atoms with van der Waals surface area (Å²) < 4.78 is 11.0. The summed E-state index contributed by atoms with van der Waals surface area (Å²) >= 11 is 0. The minimum Gasteiger partial charge on any atom is -0.454 e. The molecule has 2 N–H and O–H groups in total.